The van der Waals surface area contributed by atoms with Gasteiger partial charge in [0.25, 0.3) is 0 Å². The summed E-state index contributed by atoms with van der Waals surface area (Å²) in [6.07, 6.45) is 0. The molecule has 0 N–H and O–H groups in total. The van der Waals surface area contributed by atoms with E-state index in [9.17, 15) is 0 Å². The topological polar surface area (TPSA) is 0 Å². The van der Waals surface area contributed by atoms with E-state index in [1.807, 2.05) is 6.07 Å². The summed E-state index contributed by atoms with van der Waals surface area (Å²) in [5.74, 6) is 0. The van der Waals surface area contributed by atoms with Gasteiger partial charge < -0.3 is 0 Å². The molecule has 0 saturated carbocycles. The van der Waals surface area contributed by atoms with E-state index in [2.05, 4.69) is 38.2 Å². The molecule has 1 aromatic rings. The molecule has 0 aliphatic carbocycles. The van der Waals surface area contributed by atoms with Gasteiger partial charge in [-0.15, -0.1) is 0 Å². The number of benzene rings is 1. The van der Waals surface area contributed by atoms with Crippen LogP contribution in [0.3, 0.4) is 0 Å². The molecule has 2 heteroatoms. The first-order valence-electron chi connectivity index (χ1n) is 2.30. The van der Waals surface area contributed by atoms with Crippen molar-refractivity contribution in [2.45, 2.75) is 0 Å². The quantitative estimate of drug-likeness (QED) is 0.640. The van der Waals surface area contributed by atoms with Crippen LogP contribution in [0.15, 0.2) is 30.3 Å². The molecule has 0 saturated heterocycles. The molecular formula is C6H5AsBr. The van der Waals surface area contributed by atoms with Crippen molar-refractivity contribution in [1.29, 1.82) is 0 Å². The van der Waals surface area contributed by atoms with Crippen LogP contribution in [0.4, 0.5) is 0 Å². The first-order valence-corrected chi connectivity index (χ1v) is 7.64. The Morgan fingerprint density at radius 1 is 1.12 bits per heavy atom. The molecule has 1 aromatic carbocycles. The summed E-state index contributed by atoms with van der Waals surface area (Å²) >= 11 is 3.70. The van der Waals surface area contributed by atoms with E-state index in [-0.39, 0.29) is 13.9 Å². The second-order valence-corrected chi connectivity index (χ2v) is 4.70. The van der Waals surface area contributed by atoms with Crippen LogP contribution in [-0.4, -0.2) is 13.9 Å². The summed E-state index contributed by atoms with van der Waals surface area (Å²) in [6, 6.07) is 10.4. The molecular weight excluding hydrogens is 227 g/mol. The van der Waals surface area contributed by atoms with E-state index >= 15 is 0 Å². The van der Waals surface area contributed by atoms with E-state index < -0.39 is 0 Å². The van der Waals surface area contributed by atoms with Gasteiger partial charge in [-0.1, -0.05) is 0 Å². The van der Waals surface area contributed by atoms with E-state index in [1.165, 1.54) is 4.35 Å². The zero-order valence-electron chi connectivity index (χ0n) is 4.21. The Morgan fingerprint density at radius 2 is 1.75 bits per heavy atom. The fourth-order valence-corrected chi connectivity index (χ4v) is 2.31. The van der Waals surface area contributed by atoms with Gasteiger partial charge in [-0.25, -0.2) is 0 Å². The molecule has 0 aromatic heterocycles. The summed E-state index contributed by atoms with van der Waals surface area (Å²) in [6.45, 7) is 0. The van der Waals surface area contributed by atoms with Crippen LogP contribution in [0.1, 0.15) is 0 Å². The Balaban J connectivity index is 2.83. The van der Waals surface area contributed by atoms with E-state index in [0.717, 1.165) is 0 Å². The van der Waals surface area contributed by atoms with Gasteiger partial charge >= 0.3 is 62.5 Å². The third kappa shape index (κ3) is 1.64. The van der Waals surface area contributed by atoms with Crippen LogP contribution in [0.25, 0.3) is 0 Å². The SMILES string of the molecule is Br[As]c1ccccc1. The van der Waals surface area contributed by atoms with Crippen molar-refractivity contribution in [1.82, 2.24) is 0 Å². The summed E-state index contributed by atoms with van der Waals surface area (Å²) in [5.41, 5.74) is 0. The fourth-order valence-electron chi connectivity index (χ4n) is 0.484. The Labute approximate surface area is 62.6 Å². The molecule has 0 bridgehead atoms. The summed E-state index contributed by atoms with van der Waals surface area (Å²) in [7, 11) is 0. The van der Waals surface area contributed by atoms with E-state index in [0.29, 0.717) is 0 Å². The zero-order chi connectivity index (χ0) is 5.82. The normalized spacial score (nSPS) is 10.6. The molecule has 0 aliphatic heterocycles. The third-order valence-corrected chi connectivity index (χ3v) is 4.02. The van der Waals surface area contributed by atoms with Crippen molar-refractivity contribution in [2.24, 2.45) is 0 Å². The van der Waals surface area contributed by atoms with Gasteiger partial charge in [0.15, 0.2) is 0 Å². The average Bonchev–Trinajstić information content (AvgIpc) is 1.90. The van der Waals surface area contributed by atoms with Crippen LogP contribution in [0, 0.1) is 0 Å². The van der Waals surface area contributed by atoms with Crippen LogP contribution < -0.4 is 4.35 Å². The minimum absolute atomic E-state index is 0.245. The minimum atomic E-state index is 0.245. The zero-order valence-corrected chi connectivity index (χ0v) is 7.67. The maximum absolute atomic E-state index is 3.45. The van der Waals surface area contributed by atoms with E-state index in [1.54, 1.807) is 0 Å². The molecule has 8 heavy (non-hydrogen) atoms. The monoisotopic (exact) mass is 231 g/mol. The Morgan fingerprint density at radius 3 is 2.12 bits per heavy atom. The molecule has 1 rings (SSSR count). The number of hydrogen-bond acceptors (Lipinski definition) is 0. The van der Waals surface area contributed by atoms with Crippen molar-refractivity contribution in [2.75, 3.05) is 0 Å². The average molecular weight is 232 g/mol. The number of hydrogen-bond donors (Lipinski definition) is 0. The first kappa shape index (κ1) is 6.38. The van der Waals surface area contributed by atoms with Crippen LogP contribution in [0.5, 0.6) is 0 Å². The molecule has 0 unspecified atom stereocenters. The standard InChI is InChI=1S/C6H5AsBr/c8-7-6-4-2-1-3-5-6/h1-5H. The Bertz CT molecular complexity index is 150. The molecule has 0 spiro atoms. The number of halogens is 1. The third-order valence-electron chi connectivity index (χ3n) is 0.854. The molecule has 0 amide bonds. The molecule has 0 fully saturated rings. The molecule has 0 atom stereocenters. The summed E-state index contributed by atoms with van der Waals surface area (Å²) < 4.78 is 1.42. The maximum atomic E-state index is 3.45. The van der Waals surface area contributed by atoms with Gasteiger partial charge in [0.1, 0.15) is 0 Å². The molecule has 41 valence electrons. The number of rotatable bonds is 1. The second-order valence-electron chi connectivity index (χ2n) is 1.42. The molecule has 0 nitrogen and oxygen atoms in total. The van der Waals surface area contributed by atoms with Crippen LogP contribution >= 0.6 is 13.9 Å². The van der Waals surface area contributed by atoms with Crippen molar-refractivity contribution < 1.29 is 0 Å². The van der Waals surface area contributed by atoms with Crippen LogP contribution in [0.2, 0.25) is 0 Å². The Hall–Kier alpha value is 0.258. The van der Waals surface area contributed by atoms with Gasteiger partial charge in [0.2, 0.25) is 0 Å². The molecule has 0 heterocycles. The van der Waals surface area contributed by atoms with Gasteiger partial charge in [-0.2, -0.15) is 0 Å². The summed E-state index contributed by atoms with van der Waals surface area (Å²) in [5, 5.41) is 0. The fraction of sp³-hybridized carbons (Fsp3) is 0. The van der Waals surface area contributed by atoms with Crippen LogP contribution in [-0.2, 0) is 0 Å². The van der Waals surface area contributed by atoms with Gasteiger partial charge in [-0.05, 0) is 0 Å². The summed E-state index contributed by atoms with van der Waals surface area (Å²) in [4.78, 5) is 0. The van der Waals surface area contributed by atoms with Crippen molar-refractivity contribution in [3.05, 3.63) is 30.3 Å². The Kier molecular flexibility index (Phi) is 2.64. The van der Waals surface area contributed by atoms with Crippen molar-refractivity contribution in [3.8, 4) is 0 Å². The predicted octanol–water partition coefficient (Wildman–Crippen LogP) is 1.33. The van der Waals surface area contributed by atoms with Gasteiger partial charge in [0.05, 0.1) is 0 Å². The predicted molar refractivity (Wildman–Crippen MR) is 40.8 cm³/mol. The van der Waals surface area contributed by atoms with Gasteiger partial charge in [-0.3, -0.25) is 0 Å². The van der Waals surface area contributed by atoms with Gasteiger partial charge in [0, 0.05) is 0 Å². The van der Waals surface area contributed by atoms with Crippen molar-refractivity contribution in [3.63, 3.8) is 0 Å². The second kappa shape index (κ2) is 3.32. The van der Waals surface area contributed by atoms with E-state index in [4.69, 9.17) is 0 Å². The van der Waals surface area contributed by atoms with Crippen molar-refractivity contribution >= 4 is 32.2 Å². The molecule has 1 radical (unpaired) electrons. The molecule has 0 aliphatic rings. The first-order chi connectivity index (χ1) is 3.93.